The lowest BCUT2D eigenvalue weighted by molar-refractivity contribution is -0.121. The summed E-state index contributed by atoms with van der Waals surface area (Å²) >= 11 is 0. The summed E-state index contributed by atoms with van der Waals surface area (Å²) in [5.74, 6) is 0.144. The molecule has 0 aromatic carbocycles. The van der Waals surface area contributed by atoms with E-state index in [2.05, 4.69) is 15.6 Å². The van der Waals surface area contributed by atoms with Gasteiger partial charge >= 0.3 is 0 Å². The summed E-state index contributed by atoms with van der Waals surface area (Å²) in [5, 5.41) is 6.23. The van der Waals surface area contributed by atoms with Crippen molar-refractivity contribution < 1.29 is 4.79 Å². The maximum atomic E-state index is 11.5. The van der Waals surface area contributed by atoms with E-state index in [1.807, 2.05) is 35.0 Å². The number of rotatable bonds is 6. The zero-order valence-electron chi connectivity index (χ0n) is 10.8. The van der Waals surface area contributed by atoms with Crippen LogP contribution in [0.15, 0.2) is 30.6 Å². The molecule has 1 saturated carbocycles. The van der Waals surface area contributed by atoms with Gasteiger partial charge in [-0.05, 0) is 25.0 Å². The summed E-state index contributed by atoms with van der Waals surface area (Å²) in [6.45, 7) is 1.38. The molecule has 1 aliphatic rings. The van der Waals surface area contributed by atoms with E-state index < -0.39 is 0 Å². The van der Waals surface area contributed by atoms with Crippen molar-refractivity contribution >= 4 is 11.6 Å². The Labute approximate surface area is 112 Å². The van der Waals surface area contributed by atoms with Crippen LogP contribution in [0.25, 0.3) is 5.65 Å². The van der Waals surface area contributed by atoms with Gasteiger partial charge in [0.15, 0.2) is 0 Å². The van der Waals surface area contributed by atoms with Crippen molar-refractivity contribution in [2.24, 2.45) is 0 Å². The van der Waals surface area contributed by atoms with Crippen LogP contribution >= 0.6 is 0 Å². The minimum atomic E-state index is 0.144. The van der Waals surface area contributed by atoms with Crippen LogP contribution in [0, 0.1) is 0 Å². The summed E-state index contributed by atoms with van der Waals surface area (Å²) in [5.41, 5.74) is 1.94. The van der Waals surface area contributed by atoms with Gasteiger partial charge in [-0.1, -0.05) is 6.07 Å². The van der Waals surface area contributed by atoms with Gasteiger partial charge in [-0.15, -0.1) is 0 Å². The summed E-state index contributed by atoms with van der Waals surface area (Å²) in [7, 11) is 0. The third kappa shape index (κ3) is 3.32. The van der Waals surface area contributed by atoms with E-state index in [1.165, 1.54) is 0 Å². The second-order valence-corrected chi connectivity index (χ2v) is 4.97. The van der Waals surface area contributed by atoms with Crippen LogP contribution in [0.3, 0.4) is 0 Å². The van der Waals surface area contributed by atoms with E-state index in [1.54, 1.807) is 0 Å². The van der Waals surface area contributed by atoms with Gasteiger partial charge < -0.3 is 15.0 Å². The molecular weight excluding hydrogens is 240 g/mol. The second kappa shape index (κ2) is 5.40. The molecule has 0 saturated heterocycles. The predicted molar refractivity (Wildman–Crippen MR) is 72.7 cm³/mol. The van der Waals surface area contributed by atoms with Crippen LogP contribution in [0.1, 0.15) is 25.0 Å². The topological polar surface area (TPSA) is 58.4 Å². The van der Waals surface area contributed by atoms with E-state index in [9.17, 15) is 4.79 Å². The second-order valence-electron chi connectivity index (χ2n) is 4.97. The molecule has 2 heterocycles. The molecule has 2 aromatic heterocycles. The lowest BCUT2D eigenvalue weighted by atomic mass is 10.3. The Morgan fingerprint density at radius 3 is 3.11 bits per heavy atom. The Balaban J connectivity index is 1.42. The minimum Gasteiger partial charge on any atom is -0.353 e. The number of nitrogens with one attached hydrogen (secondary N) is 2. The van der Waals surface area contributed by atoms with Crippen LogP contribution < -0.4 is 10.6 Å². The van der Waals surface area contributed by atoms with E-state index in [4.69, 9.17) is 0 Å². The SMILES string of the molecule is O=C(CCNCc1cn2ccccc2n1)NC1CC1. The highest BCUT2D eigenvalue weighted by Crippen LogP contribution is 2.18. The first-order chi connectivity index (χ1) is 9.31. The Morgan fingerprint density at radius 2 is 2.32 bits per heavy atom. The van der Waals surface area contributed by atoms with Gasteiger partial charge in [-0.2, -0.15) is 0 Å². The average Bonchev–Trinajstić information content (AvgIpc) is 3.11. The van der Waals surface area contributed by atoms with Crippen molar-refractivity contribution in [2.75, 3.05) is 6.54 Å². The van der Waals surface area contributed by atoms with Gasteiger partial charge in [0.25, 0.3) is 0 Å². The van der Waals surface area contributed by atoms with Gasteiger partial charge in [0.1, 0.15) is 5.65 Å². The van der Waals surface area contributed by atoms with Crippen molar-refractivity contribution in [1.29, 1.82) is 0 Å². The third-order valence-corrected chi connectivity index (χ3v) is 3.19. The molecule has 100 valence electrons. The molecule has 5 nitrogen and oxygen atoms in total. The van der Waals surface area contributed by atoms with Crippen molar-refractivity contribution in [3.8, 4) is 0 Å². The van der Waals surface area contributed by atoms with Crippen LogP contribution in [-0.4, -0.2) is 27.9 Å². The Bertz CT molecular complexity index is 541. The number of fused-ring (bicyclic) bond motifs is 1. The Hall–Kier alpha value is -1.88. The minimum absolute atomic E-state index is 0.144. The first kappa shape index (κ1) is 12.2. The van der Waals surface area contributed by atoms with Gasteiger partial charge in [-0.3, -0.25) is 4.79 Å². The molecule has 0 spiro atoms. The molecule has 1 amide bonds. The summed E-state index contributed by atoms with van der Waals surface area (Å²) in [6, 6.07) is 6.38. The van der Waals surface area contributed by atoms with E-state index in [-0.39, 0.29) is 5.91 Å². The molecule has 0 aliphatic heterocycles. The van der Waals surface area contributed by atoms with E-state index >= 15 is 0 Å². The highest BCUT2D eigenvalue weighted by Gasteiger charge is 2.22. The highest BCUT2D eigenvalue weighted by atomic mass is 16.1. The normalized spacial score (nSPS) is 14.7. The van der Waals surface area contributed by atoms with Gasteiger partial charge in [0.05, 0.1) is 5.69 Å². The van der Waals surface area contributed by atoms with Crippen molar-refractivity contribution in [3.05, 3.63) is 36.3 Å². The number of hydrogen-bond donors (Lipinski definition) is 2. The van der Waals surface area contributed by atoms with Crippen molar-refractivity contribution in [1.82, 2.24) is 20.0 Å². The molecule has 5 heteroatoms. The van der Waals surface area contributed by atoms with Crippen LogP contribution in [0.4, 0.5) is 0 Å². The average molecular weight is 258 g/mol. The van der Waals surface area contributed by atoms with Gasteiger partial charge in [-0.25, -0.2) is 4.98 Å². The zero-order chi connectivity index (χ0) is 13.1. The molecule has 0 radical (unpaired) electrons. The summed E-state index contributed by atoms with van der Waals surface area (Å²) in [6.07, 6.45) is 6.80. The summed E-state index contributed by atoms with van der Waals surface area (Å²) < 4.78 is 2.00. The molecule has 2 aromatic rings. The van der Waals surface area contributed by atoms with Gasteiger partial charge in [0, 0.05) is 37.9 Å². The molecule has 0 unspecified atom stereocenters. The molecule has 3 rings (SSSR count). The maximum Gasteiger partial charge on any atom is 0.221 e. The lowest BCUT2D eigenvalue weighted by Gasteiger charge is -2.03. The maximum absolute atomic E-state index is 11.5. The number of amides is 1. The van der Waals surface area contributed by atoms with Crippen LogP contribution in [-0.2, 0) is 11.3 Å². The summed E-state index contributed by atoms with van der Waals surface area (Å²) in [4.78, 5) is 16.0. The Morgan fingerprint density at radius 1 is 1.42 bits per heavy atom. The highest BCUT2D eigenvalue weighted by molar-refractivity contribution is 5.76. The van der Waals surface area contributed by atoms with Crippen molar-refractivity contribution in [2.45, 2.75) is 31.8 Å². The third-order valence-electron chi connectivity index (χ3n) is 3.19. The van der Waals surface area contributed by atoms with E-state index in [0.29, 0.717) is 25.6 Å². The van der Waals surface area contributed by atoms with Crippen molar-refractivity contribution in [3.63, 3.8) is 0 Å². The molecule has 1 aliphatic carbocycles. The molecule has 19 heavy (non-hydrogen) atoms. The quantitative estimate of drug-likeness (QED) is 0.763. The first-order valence-corrected chi connectivity index (χ1v) is 6.74. The number of aromatic nitrogens is 2. The van der Waals surface area contributed by atoms with Gasteiger partial charge in [0.2, 0.25) is 5.91 Å². The smallest absolute Gasteiger partial charge is 0.221 e. The Kier molecular flexibility index (Phi) is 3.46. The molecule has 1 fully saturated rings. The zero-order valence-corrected chi connectivity index (χ0v) is 10.8. The number of nitrogens with zero attached hydrogens (tertiary/aromatic N) is 2. The standard InChI is InChI=1S/C14H18N4O/c19-14(17-11-4-5-11)6-7-15-9-12-10-18-8-2-1-3-13(18)16-12/h1-3,8,10-11,15H,4-7,9H2,(H,17,19). The number of imidazole rings is 1. The number of hydrogen-bond acceptors (Lipinski definition) is 3. The lowest BCUT2D eigenvalue weighted by Crippen LogP contribution is -2.29. The van der Waals surface area contributed by atoms with Crippen LogP contribution in [0.2, 0.25) is 0 Å². The number of pyridine rings is 1. The molecule has 0 atom stereocenters. The number of carbonyl (C=O) groups excluding carboxylic acids is 1. The first-order valence-electron chi connectivity index (χ1n) is 6.74. The monoisotopic (exact) mass is 258 g/mol. The fourth-order valence-corrected chi connectivity index (χ4v) is 2.02. The molecular formula is C14H18N4O. The molecule has 0 bridgehead atoms. The van der Waals surface area contributed by atoms with Crippen LogP contribution in [0.5, 0.6) is 0 Å². The number of carbonyl (C=O) groups is 1. The largest absolute Gasteiger partial charge is 0.353 e. The predicted octanol–water partition coefficient (Wildman–Crippen LogP) is 1.09. The van der Waals surface area contributed by atoms with E-state index in [0.717, 1.165) is 24.2 Å². The fourth-order valence-electron chi connectivity index (χ4n) is 2.02. The molecule has 2 N–H and O–H groups in total. The fraction of sp³-hybridized carbons (Fsp3) is 0.429.